The largest absolute Gasteiger partial charge is 0.419 e. The molecule has 0 N–H and O–H groups in total. The lowest BCUT2D eigenvalue weighted by Gasteiger charge is -2.43. The van der Waals surface area contributed by atoms with Gasteiger partial charge in [-0.05, 0) is 36.4 Å². The Balaban J connectivity index is 1.45. The van der Waals surface area contributed by atoms with Crippen molar-refractivity contribution in [3.8, 4) is 23.9 Å². The van der Waals surface area contributed by atoms with Crippen LogP contribution in [0.15, 0.2) is 61.3 Å². The van der Waals surface area contributed by atoms with Crippen LogP contribution in [0, 0.1) is 29.6 Å². The van der Waals surface area contributed by atoms with Gasteiger partial charge >= 0.3 is 0 Å². The Bertz CT molecular complexity index is 1810. The van der Waals surface area contributed by atoms with Crippen molar-refractivity contribution in [2.45, 2.75) is 32.4 Å². The van der Waals surface area contributed by atoms with Crippen LogP contribution in [0.25, 0.3) is 10.8 Å². The van der Waals surface area contributed by atoms with Crippen molar-refractivity contribution in [3.63, 3.8) is 0 Å². The number of benzene rings is 2. The lowest BCUT2D eigenvalue weighted by molar-refractivity contribution is -0.128. The lowest BCUT2D eigenvalue weighted by atomic mass is 9.95. The predicted octanol–water partition coefficient (Wildman–Crippen LogP) is 4.62. The number of amides is 1. The number of nitrogens with zero attached hydrogens (tertiary/aromatic N) is 8. The zero-order chi connectivity index (χ0) is 30.1. The van der Waals surface area contributed by atoms with Crippen LogP contribution < -0.4 is 14.5 Å². The monoisotopic (exact) mass is 572 g/mol. The number of hydrogen-bond acceptors (Lipinski definition) is 8. The number of anilines is 2. The number of pyridine rings is 1. The second-order valence-corrected chi connectivity index (χ2v) is 10.9. The van der Waals surface area contributed by atoms with E-state index >= 15 is 0 Å². The van der Waals surface area contributed by atoms with Crippen molar-refractivity contribution >= 4 is 28.1 Å². The molecule has 1 unspecified atom stereocenters. The van der Waals surface area contributed by atoms with Crippen molar-refractivity contribution in [2.24, 2.45) is 7.05 Å². The van der Waals surface area contributed by atoms with E-state index in [1.807, 2.05) is 0 Å². The number of aromatic nitrogens is 3. The quantitative estimate of drug-likeness (QED) is 0.308. The number of carbonyl (C=O) groups is 1. The molecule has 1 fully saturated rings. The molecule has 6 rings (SSSR count). The van der Waals surface area contributed by atoms with Crippen molar-refractivity contribution in [2.75, 3.05) is 36.0 Å². The normalized spacial score (nSPS) is 16.4. The van der Waals surface area contributed by atoms with Gasteiger partial charge < -0.3 is 19.4 Å². The average molecular weight is 573 g/mol. The molecule has 4 aromatic rings. The third-order valence-corrected chi connectivity index (χ3v) is 8.40. The Morgan fingerprint density at radius 1 is 1.14 bits per heavy atom. The summed E-state index contributed by atoms with van der Waals surface area (Å²) in [6, 6.07) is 18.7. The minimum atomic E-state index is -0.334. The first-order valence-electron chi connectivity index (χ1n) is 14.3. The molecule has 1 amide bonds. The molecule has 4 heterocycles. The second-order valence-electron chi connectivity index (χ2n) is 10.9. The Kier molecular flexibility index (Phi) is 7.43. The Morgan fingerprint density at radius 2 is 1.95 bits per heavy atom. The fourth-order valence-corrected chi connectivity index (χ4v) is 6.34. The number of fused-ring (bicyclic) bond motifs is 2. The van der Waals surface area contributed by atoms with Crippen LogP contribution >= 0.6 is 0 Å². The summed E-state index contributed by atoms with van der Waals surface area (Å²) in [6.45, 7) is 8.39. The summed E-state index contributed by atoms with van der Waals surface area (Å²) in [5.41, 5.74) is 5.31. The lowest BCUT2D eigenvalue weighted by Crippen LogP contribution is -2.55. The molecule has 2 aromatic heterocycles. The summed E-state index contributed by atoms with van der Waals surface area (Å²) < 4.78 is 7.83. The van der Waals surface area contributed by atoms with Crippen LogP contribution in [0.5, 0.6) is 11.8 Å². The molecule has 10 heteroatoms. The maximum absolute atomic E-state index is 12.6. The molecular weight excluding hydrogens is 540 g/mol. The van der Waals surface area contributed by atoms with E-state index in [1.165, 1.54) is 22.4 Å². The maximum Gasteiger partial charge on any atom is 0.246 e. The molecule has 10 nitrogen and oxygen atoms in total. The molecule has 2 aliphatic heterocycles. The molecule has 2 aromatic carbocycles. The summed E-state index contributed by atoms with van der Waals surface area (Å²) in [5.74, 6) is 0.492. The van der Waals surface area contributed by atoms with Crippen LogP contribution in [-0.4, -0.2) is 57.8 Å². The molecule has 2 aliphatic rings. The Hall–Kier alpha value is -5.35. The number of rotatable bonds is 6. The molecule has 1 atom stereocenters. The topological polar surface area (TPSA) is 114 Å². The van der Waals surface area contributed by atoms with E-state index in [0.29, 0.717) is 44.0 Å². The zero-order valence-electron chi connectivity index (χ0n) is 24.3. The van der Waals surface area contributed by atoms with Gasteiger partial charge in [-0.1, -0.05) is 36.9 Å². The van der Waals surface area contributed by atoms with Gasteiger partial charge in [0.2, 0.25) is 17.7 Å². The van der Waals surface area contributed by atoms with E-state index in [1.54, 1.807) is 28.9 Å². The first-order valence-corrected chi connectivity index (χ1v) is 14.3. The van der Waals surface area contributed by atoms with E-state index in [9.17, 15) is 15.3 Å². The predicted molar refractivity (Wildman–Crippen MR) is 164 cm³/mol. The zero-order valence-corrected chi connectivity index (χ0v) is 24.3. The van der Waals surface area contributed by atoms with Crippen molar-refractivity contribution in [1.82, 2.24) is 19.7 Å². The van der Waals surface area contributed by atoms with E-state index in [-0.39, 0.29) is 24.2 Å². The molecule has 0 spiro atoms. The van der Waals surface area contributed by atoms with Gasteiger partial charge in [0, 0.05) is 55.9 Å². The van der Waals surface area contributed by atoms with Crippen LogP contribution in [0.4, 0.5) is 11.4 Å². The number of carbonyl (C=O) groups excluding carboxylic acids is 1. The van der Waals surface area contributed by atoms with Gasteiger partial charge in [0.15, 0.2) is 0 Å². The molecule has 0 bridgehead atoms. The number of ether oxygens (including phenoxy) is 1. The first-order chi connectivity index (χ1) is 20.9. The van der Waals surface area contributed by atoms with E-state index < -0.39 is 0 Å². The van der Waals surface area contributed by atoms with Gasteiger partial charge in [-0.2, -0.15) is 15.6 Å². The van der Waals surface area contributed by atoms with Gasteiger partial charge in [0.25, 0.3) is 0 Å². The van der Waals surface area contributed by atoms with E-state index in [4.69, 9.17) is 9.72 Å². The number of hydrogen-bond donors (Lipinski definition) is 0. The summed E-state index contributed by atoms with van der Waals surface area (Å²) in [5, 5.41) is 26.7. The number of piperazine rings is 1. The minimum absolute atomic E-state index is 0.178. The SMILES string of the molecule is C=CC(=O)N1CCN(c2c(C#N)c(Oc3ccnn3C)nc3c2CCN(c2cccc4cccc(C)c24)C3)CC1CC#N. The summed E-state index contributed by atoms with van der Waals surface area (Å²) in [4.78, 5) is 23.7. The summed E-state index contributed by atoms with van der Waals surface area (Å²) >= 11 is 0. The van der Waals surface area contributed by atoms with Crippen LogP contribution in [0.3, 0.4) is 0 Å². The Labute approximate surface area is 250 Å². The fraction of sp³-hybridized carbons (Fsp3) is 0.303. The third kappa shape index (κ3) is 5.02. The molecule has 216 valence electrons. The second kappa shape index (κ2) is 11.5. The smallest absolute Gasteiger partial charge is 0.246 e. The van der Waals surface area contributed by atoms with E-state index in [2.05, 4.69) is 76.9 Å². The van der Waals surface area contributed by atoms with Crippen LogP contribution in [-0.2, 0) is 24.8 Å². The highest BCUT2D eigenvalue weighted by Crippen LogP contribution is 2.40. The summed E-state index contributed by atoms with van der Waals surface area (Å²) in [7, 11) is 1.77. The van der Waals surface area contributed by atoms with Crippen molar-refractivity contribution in [1.29, 1.82) is 10.5 Å². The van der Waals surface area contributed by atoms with Crippen LogP contribution in [0.2, 0.25) is 0 Å². The molecule has 43 heavy (non-hydrogen) atoms. The Morgan fingerprint density at radius 3 is 2.67 bits per heavy atom. The number of nitriles is 2. The average Bonchev–Trinajstić information content (AvgIpc) is 3.43. The standard InChI is InChI=1S/C33H32N8O2/c1-4-29(42)41-18-17-40(20-24(41)11-14-34)32-25-13-16-39(28-10-6-9-23-8-5-7-22(2)31(23)28)21-27(25)37-33(26(32)19-35)43-30-12-15-36-38(30)3/h4-10,12,15,24H,1,11,13,16-18,20-21H2,2-3H3. The first kappa shape index (κ1) is 27.8. The van der Waals surface area contributed by atoms with Gasteiger partial charge in [0.1, 0.15) is 11.6 Å². The van der Waals surface area contributed by atoms with Gasteiger partial charge in [-0.3, -0.25) is 4.79 Å². The fourth-order valence-electron chi connectivity index (χ4n) is 6.34. The van der Waals surface area contributed by atoms with Gasteiger partial charge in [-0.25, -0.2) is 9.67 Å². The highest BCUT2D eigenvalue weighted by Gasteiger charge is 2.35. The number of aryl methyl sites for hydroxylation is 2. The molecular formula is C33H32N8O2. The van der Waals surface area contributed by atoms with Gasteiger partial charge in [-0.15, -0.1) is 0 Å². The molecule has 0 aliphatic carbocycles. The van der Waals surface area contributed by atoms with Gasteiger partial charge in [0.05, 0.1) is 42.7 Å². The van der Waals surface area contributed by atoms with E-state index in [0.717, 1.165) is 29.2 Å². The third-order valence-electron chi connectivity index (χ3n) is 8.40. The maximum atomic E-state index is 12.6. The highest BCUT2D eigenvalue weighted by molar-refractivity contribution is 5.97. The molecule has 0 saturated carbocycles. The molecule has 0 radical (unpaired) electrons. The minimum Gasteiger partial charge on any atom is -0.419 e. The summed E-state index contributed by atoms with van der Waals surface area (Å²) in [6.07, 6.45) is 3.78. The molecule has 1 saturated heterocycles. The highest BCUT2D eigenvalue weighted by atomic mass is 16.5. The van der Waals surface area contributed by atoms with Crippen molar-refractivity contribution < 1.29 is 9.53 Å². The van der Waals surface area contributed by atoms with Crippen LogP contribution in [0.1, 0.15) is 28.8 Å². The van der Waals surface area contributed by atoms with Crippen molar-refractivity contribution in [3.05, 3.63) is 83.7 Å².